The predicted octanol–water partition coefficient (Wildman–Crippen LogP) is 2.14. The van der Waals surface area contributed by atoms with Gasteiger partial charge in [-0.2, -0.15) is 28.0 Å². The fourth-order valence-electron chi connectivity index (χ4n) is 2.82. The second-order valence-electron chi connectivity index (χ2n) is 5.13. The molecular weight excluding hydrogens is 285 g/mol. The molecule has 8 heteroatoms. The van der Waals surface area contributed by atoms with Crippen LogP contribution in [0.2, 0.25) is 0 Å². The van der Waals surface area contributed by atoms with Crippen LogP contribution in [0.1, 0.15) is 23.7 Å². The quantitative estimate of drug-likeness (QED) is 0.810. The average Bonchev–Trinajstić information content (AvgIpc) is 3.00. The summed E-state index contributed by atoms with van der Waals surface area (Å²) in [6.07, 6.45) is -1.48. The Balaban J connectivity index is 1.90. The minimum Gasteiger partial charge on any atom is -0.335 e. The molecule has 21 heavy (non-hydrogen) atoms. The van der Waals surface area contributed by atoms with Crippen molar-refractivity contribution in [1.29, 1.82) is 0 Å². The van der Waals surface area contributed by atoms with Crippen LogP contribution in [0.15, 0.2) is 24.5 Å². The topological polar surface area (TPSA) is 50.5 Å². The van der Waals surface area contributed by atoms with Gasteiger partial charge in [-0.1, -0.05) is 0 Å². The zero-order chi connectivity index (χ0) is 15.2. The van der Waals surface area contributed by atoms with Gasteiger partial charge in [0.15, 0.2) is 0 Å². The lowest BCUT2D eigenvalue weighted by Crippen LogP contribution is -2.39. The van der Waals surface area contributed by atoms with Crippen molar-refractivity contribution in [2.45, 2.75) is 25.6 Å². The summed E-state index contributed by atoms with van der Waals surface area (Å²) < 4.78 is 39.9. The molecule has 0 aliphatic carbocycles. The van der Waals surface area contributed by atoms with Crippen LogP contribution in [0.3, 0.4) is 0 Å². The SMILES string of the molecule is CC1C(C(F)(F)F)CCN1C(=O)c1cnn2ncccc12. The molecule has 0 spiro atoms. The van der Waals surface area contributed by atoms with Gasteiger partial charge in [0.2, 0.25) is 0 Å². The van der Waals surface area contributed by atoms with Crippen molar-refractivity contribution in [3.63, 3.8) is 0 Å². The van der Waals surface area contributed by atoms with Crippen molar-refractivity contribution in [1.82, 2.24) is 19.7 Å². The van der Waals surface area contributed by atoms with Gasteiger partial charge in [-0.15, -0.1) is 0 Å². The molecule has 0 aromatic carbocycles. The van der Waals surface area contributed by atoms with Gasteiger partial charge in [0, 0.05) is 18.8 Å². The molecule has 0 bridgehead atoms. The second kappa shape index (κ2) is 4.71. The first-order chi connectivity index (χ1) is 9.89. The standard InChI is InChI=1S/C13H13F3N4O/c1-8-10(13(14,15)16)4-6-19(8)12(21)9-7-18-20-11(9)3-2-5-17-20/h2-3,5,7-8,10H,4,6H2,1H3. The van der Waals surface area contributed by atoms with Crippen LogP contribution in [-0.4, -0.2) is 44.4 Å². The second-order valence-corrected chi connectivity index (χ2v) is 5.13. The highest BCUT2D eigenvalue weighted by Crippen LogP contribution is 2.38. The molecule has 3 rings (SSSR count). The van der Waals surface area contributed by atoms with Crippen LogP contribution in [0.4, 0.5) is 13.2 Å². The molecule has 5 nitrogen and oxygen atoms in total. The average molecular weight is 298 g/mol. The summed E-state index contributed by atoms with van der Waals surface area (Å²) in [6, 6.07) is 2.44. The van der Waals surface area contributed by atoms with E-state index in [-0.39, 0.29) is 18.5 Å². The molecule has 1 aliphatic rings. The number of carbonyl (C=O) groups is 1. The van der Waals surface area contributed by atoms with Crippen LogP contribution < -0.4 is 0 Å². The molecule has 112 valence electrons. The van der Waals surface area contributed by atoms with Crippen LogP contribution in [0, 0.1) is 5.92 Å². The number of nitrogens with zero attached hydrogens (tertiary/aromatic N) is 4. The van der Waals surface area contributed by atoms with Gasteiger partial charge in [0.05, 0.1) is 17.7 Å². The number of amides is 1. The van der Waals surface area contributed by atoms with E-state index in [1.54, 1.807) is 12.1 Å². The van der Waals surface area contributed by atoms with E-state index in [1.165, 1.54) is 28.8 Å². The Kier molecular flexibility index (Phi) is 3.11. The van der Waals surface area contributed by atoms with Crippen LogP contribution in [0.25, 0.3) is 5.52 Å². The Hall–Kier alpha value is -2.12. The van der Waals surface area contributed by atoms with Crippen molar-refractivity contribution >= 4 is 11.4 Å². The molecule has 2 atom stereocenters. The van der Waals surface area contributed by atoms with Crippen molar-refractivity contribution in [3.8, 4) is 0 Å². The smallest absolute Gasteiger partial charge is 0.335 e. The molecule has 0 radical (unpaired) electrons. The highest BCUT2D eigenvalue weighted by Gasteiger charge is 2.49. The highest BCUT2D eigenvalue weighted by atomic mass is 19.4. The summed E-state index contributed by atoms with van der Waals surface area (Å²) in [5.74, 6) is -1.90. The summed E-state index contributed by atoms with van der Waals surface area (Å²) in [7, 11) is 0. The van der Waals surface area contributed by atoms with Gasteiger partial charge in [0.25, 0.3) is 5.91 Å². The molecule has 0 saturated carbocycles. The number of carbonyl (C=O) groups excluding carboxylic acids is 1. The third-order valence-corrected chi connectivity index (χ3v) is 3.97. The third kappa shape index (κ3) is 2.24. The summed E-state index contributed by atoms with van der Waals surface area (Å²) in [5, 5.41) is 7.88. The van der Waals surface area contributed by atoms with E-state index in [0.29, 0.717) is 5.52 Å². The van der Waals surface area contributed by atoms with Gasteiger partial charge >= 0.3 is 6.18 Å². The Morgan fingerprint density at radius 2 is 2.14 bits per heavy atom. The van der Waals surface area contributed by atoms with Gasteiger partial charge in [-0.3, -0.25) is 4.79 Å². The van der Waals surface area contributed by atoms with Gasteiger partial charge in [-0.05, 0) is 25.5 Å². The van der Waals surface area contributed by atoms with Crippen molar-refractivity contribution < 1.29 is 18.0 Å². The van der Waals surface area contributed by atoms with Crippen LogP contribution in [-0.2, 0) is 0 Å². The third-order valence-electron chi connectivity index (χ3n) is 3.97. The van der Waals surface area contributed by atoms with Gasteiger partial charge < -0.3 is 4.90 Å². The Bertz CT molecular complexity index is 681. The lowest BCUT2D eigenvalue weighted by molar-refractivity contribution is -0.177. The molecule has 1 fully saturated rings. The molecule has 1 amide bonds. The molecular formula is C13H13F3N4O. The van der Waals surface area contributed by atoms with E-state index in [2.05, 4.69) is 10.2 Å². The number of alkyl halides is 3. The van der Waals surface area contributed by atoms with E-state index in [4.69, 9.17) is 0 Å². The Morgan fingerprint density at radius 3 is 2.81 bits per heavy atom. The van der Waals surface area contributed by atoms with Gasteiger partial charge in [-0.25, -0.2) is 0 Å². The number of fused-ring (bicyclic) bond motifs is 1. The Morgan fingerprint density at radius 1 is 1.38 bits per heavy atom. The van der Waals surface area contributed by atoms with E-state index < -0.39 is 24.0 Å². The molecule has 0 N–H and O–H groups in total. The first-order valence-electron chi connectivity index (χ1n) is 6.56. The maximum Gasteiger partial charge on any atom is 0.393 e. The Labute approximate surface area is 118 Å². The number of hydrogen-bond acceptors (Lipinski definition) is 3. The molecule has 2 aromatic heterocycles. The minimum atomic E-state index is -4.28. The first-order valence-corrected chi connectivity index (χ1v) is 6.56. The normalized spacial score (nSPS) is 23.0. The number of aromatic nitrogens is 3. The number of halogens is 3. The van der Waals surface area contributed by atoms with Crippen LogP contribution in [0.5, 0.6) is 0 Å². The molecule has 3 heterocycles. The maximum atomic E-state index is 12.9. The number of hydrogen-bond donors (Lipinski definition) is 0. The lowest BCUT2D eigenvalue weighted by Gasteiger charge is -2.25. The molecule has 1 aliphatic heterocycles. The summed E-state index contributed by atoms with van der Waals surface area (Å²) in [6.45, 7) is 1.54. The largest absolute Gasteiger partial charge is 0.393 e. The van der Waals surface area contributed by atoms with Crippen molar-refractivity contribution in [2.75, 3.05) is 6.54 Å². The maximum absolute atomic E-state index is 12.9. The zero-order valence-corrected chi connectivity index (χ0v) is 11.2. The van der Waals surface area contributed by atoms with E-state index in [0.717, 1.165) is 0 Å². The van der Waals surface area contributed by atoms with Gasteiger partial charge in [0.1, 0.15) is 5.52 Å². The first kappa shape index (κ1) is 13.8. The minimum absolute atomic E-state index is 0.0616. The summed E-state index contributed by atoms with van der Waals surface area (Å²) >= 11 is 0. The number of likely N-dealkylation sites (tertiary alicyclic amines) is 1. The van der Waals surface area contributed by atoms with Crippen LogP contribution >= 0.6 is 0 Å². The summed E-state index contributed by atoms with van der Waals surface area (Å²) in [5.41, 5.74) is 0.767. The lowest BCUT2D eigenvalue weighted by atomic mass is 10.0. The van der Waals surface area contributed by atoms with E-state index in [1.807, 2.05) is 0 Å². The zero-order valence-electron chi connectivity index (χ0n) is 11.2. The van der Waals surface area contributed by atoms with Crippen molar-refractivity contribution in [2.24, 2.45) is 5.92 Å². The highest BCUT2D eigenvalue weighted by molar-refractivity contribution is 6.00. The molecule has 1 saturated heterocycles. The molecule has 2 unspecified atom stereocenters. The monoisotopic (exact) mass is 298 g/mol. The summed E-state index contributed by atoms with van der Waals surface area (Å²) in [4.78, 5) is 13.7. The fraction of sp³-hybridized carbons (Fsp3) is 0.462. The van der Waals surface area contributed by atoms with E-state index >= 15 is 0 Å². The molecule has 2 aromatic rings. The van der Waals surface area contributed by atoms with E-state index in [9.17, 15) is 18.0 Å². The number of rotatable bonds is 1. The predicted molar refractivity (Wildman–Crippen MR) is 67.6 cm³/mol. The fourth-order valence-corrected chi connectivity index (χ4v) is 2.82. The van der Waals surface area contributed by atoms with Crippen molar-refractivity contribution in [3.05, 3.63) is 30.1 Å².